The van der Waals surface area contributed by atoms with Gasteiger partial charge < -0.3 is 29.9 Å². The van der Waals surface area contributed by atoms with Crippen molar-refractivity contribution in [1.29, 1.82) is 5.26 Å². The Morgan fingerprint density at radius 3 is 2.09 bits per heavy atom. The molecule has 47 heavy (non-hydrogen) atoms. The Bertz CT molecular complexity index is 1520. The number of aliphatic imine (C=N–C) groups is 2. The first-order valence-electron chi connectivity index (χ1n) is 15.2. The number of fused-ring (bicyclic) bond motifs is 4. The number of guanidine groups is 1. The zero-order chi connectivity index (χ0) is 33.1. The predicted octanol–water partition coefficient (Wildman–Crippen LogP) is 5.97. The predicted molar refractivity (Wildman–Crippen MR) is 186 cm³/mol. The third kappa shape index (κ3) is 7.00. The van der Waals surface area contributed by atoms with Crippen molar-refractivity contribution in [3.8, 4) is 17.7 Å². The number of hydrogen-bond donors (Lipinski definition) is 3. The number of rotatable bonds is 2. The Hall–Kier alpha value is -2.48. The molecule has 3 spiro atoms. The molecule has 1 unspecified atom stereocenters. The molecule has 12 nitrogen and oxygen atoms in total. The van der Waals surface area contributed by atoms with Crippen molar-refractivity contribution in [2.75, 3.05) is 28.3 Å². The van der Waals surface area contributed by atoms with Crippen molar-refractivity contribution in [1.82, 2.24) is 10.5 Å². The van der Waals surface area contributed by atoms with E-state index in [4.69, 9.17) is 45.0 Å². The van der Waals surface area contributed by atoms with Gasteiger partial charge in [-0.3, -0.25) is 0 Å². The molecule has 7 rings (SSSR count). The summed E-state index contributed by atoms with van der Waals surface area (Å²) in [6.07, 6.45) is 9.43. The number of nitrogens with two attached hydrogens (primary N) is 1. The molecular weight excluding hydrogens is 760 g/mol. The lowest BCUT2D eigenvalue weighted by Crippen LogP contribution is -2.54. The summed E-state index contributed by atoms with van der Waals surface area (Å²) >= 11 is 7.00. The van der Waals surface area contributed by atoms with Gasteiger partial charge >= 0.3 is 0 Å². The number of nitriles is 1. The summed E-state index contributed by atoms with van der Waals surface area (Å²) in [7, 11) is 6.71. The molecule has 1 atom stereocenters. The summed E-state index contributed by atoms with van der Waals surface area (Å²) < 4.78 is 25.5. The van der Waals surface area contributed by atoms with E-state index in [1.54, 1.807) is 26.7 Å². The number of hydrogen-bond acceptors (Lipinski definition) is 12. The third-order valence-electron chi connectivity index (χ3n) is 9.34. The minimum atomic E-state index is -0.913. The SMILES string of the molecule is CNO.COC1CCC2(CC1)Oc1ccc(Br)cc1C21N=C(N)N(C)O1.COC1CCC2(CC1)Oc1ccc(Br)cc1C2=NC#N.Cl. The lowest BCUT2D eigenvalue weighted by atomic mass is 9.75. The van der Waals surface area contributed by atoms with E-state index in [0.29, 0.717) is 5.96 Å². The maximum Gasteiger partial charge on any atom is 0.257 e. The quantitative estimate of drug-likeness (QED) is 0.245. The van der Waals surface area contributed by atoms with Gasteiger partial charge in [-0.05, 0) is 87.8 Å². The summed E-state index contributed by atoms with van der Waals surface area (Å²) in [4.78, 5) is 15.0. The van der Waals surface area contributed by atoms with Crippen LogP contribution in [-0.4, -0.2) is 73.7 Å². The van der Waals surface area contributed by atoms with Crippen LogP contribution < -0.4 is 20.7 Å². The Kier molecular flexibility index (Phi) is 12.2. The zero-order valence-electron chi connectivity index (χ0n) is 26.8. The van der Waals surface area contributed by atoms with Crippen molar-refractivity contribution in [3.63, 3.8) is 0 Å². The molecule has 2 aliphatic carbocycles. The number of benzene rings is 2. The molecule has 0 radical (unpaired) electrons. The maximum absolute atomic E-state index is 9.00. The highest BCUT2D eigenvalue weighted by molar-refractivity contribution is 9.10. The van der Waals surface area contributed by atoms with Crippen molar-refractivity contribution >= 4 is 55.9 Å². The van der Waals surface area contributed by atoms with Gasteiger partial charge in [-0.25, -0.2) is 20.4 Å². The first kappa shape index (κ1) is 37.3. The number of ether oxygens (including phenoxy) is 4. The molecule has 0 saturated heterocycles. The van der Waals surface area contributed by atoms with Crippen LogP contribution in [0.15, 0.2) is 55.3 Å². The van der Waals surface area contributed by atoms with Crippen LogP contribution >= 0.6 is 44.3 Å². The molecule has 2 aromatic carbocycles. The molecule has 4 N–H and O–H groups in total. The van der Waals surface area contributed by atoms with Gasteiger partial charge in [0.25, 0.3) is 5.72 Å². The molecule has 2 fully saturated rings. The lowest BCUT2D eigenvalue weighted by Gasteiger charge is -2.43. The second-order valence-corrected chi connectivity index (χ2v) is 13.7. The van der Waals surface area contributed by atoms with Crippen molar-refractivity contribution < 1.29 is 29.0 Å². The van der Waals surface area contributed by atoms with Gasteiger partial charge in [0.05, 0.1) is 17.8 Å². The van der Waals surface area contributed by atoms with Gasteiger partial charge in [0.2, 0.25) is 12.2 Å². The summed E-state index contributed by atoms with van der Waals surface area (Å²) in [5, 5.41) is 17.9. The number of hydroxylamine groups is 3. The molecule has 15 heteroatoms. The van der Waals surface area contributed by atoms with E-state index >= 15 is 0 Å². The van der Waals surface area contributed by atoms with Gasteiger partial charge in [0, 0.05) is 42.8 Å². The van der Waals surface area contributed by atoms with Crippen molar-refractivity contribution in [2.45, 2.75) is 80.5 Å². The normalized spacial score (nSPS) is 30.6. The molecule has 3 heterocycles. The molecule has 0 aromatic heterocycles. The van der Waals surface area contributed by atoms with E-state index in [1.165, 1.54) is 12.1 Å². The second kappa shape index (κ2) is 15.4. The van der Waals surface area contributed by atoms with Gasteiger partial charge in [0.1, 0.15) is 17.2 Å². The Morgan fingerprint density at radius 2 is 1.55 bits per heavy atom. The fraction of sp³-hybridized carbons (Fsp3) is 0.531. The average Bonchev–Trinajstić information content (AvgIpc) is 3.61. The second-order valence-electron chi connectivity index (χ2n) is 11.8. The largest absolute Gasteiger partial charge is 0.481 e. The monoisotopic (exact) mass is 798 g/mol. The maximum atomic E-state index is 9.00. The van der Waals surface area contributed by atoms with Gasteiger partial charge in [-0.15, -0.1) is 12.4 Å². The van der Waals surface area contributed by atoms with Crippen LogP contribution in [0.1, 0.15) is 62.5 Å². The lowest BCUT2D eigenvalue weighted by molar-refractivity contribution is -0.242. The van der Waals surface area contributed by atoms with Gasteiger partial charge in [0.15, 0.2) is 11.2 Å². The molecule has 0 amide bonds. The standard InChI is InChI=1S/C16H20BrN3O3.C15H15BrN2O2.CH5NO.ClH/c1-20-14(18)19-16(23-20)12-9-10(17)3-4-13(12)22-15(16)7-5-11(21-2)6-8-15;1-19-11-4-6-15(7-5-11)14(18-9-17)12-8-10(16)2-3-13(12)20-15;1-2-3;/h3-4,9,11H,5-8H2,1-2H3,(H2,18,19);2-3,8,11H,4-7H2,1H3;2-3H,1H3;1H. The van der Waals surface area contributed by atoms with E-state index in [-0.39, 0.29) is 24.6 Å². The fourth-order valence-electron chi connectivity index (χ4n) is 7.03. The smallest absolute Gasteiger partial charge is 0.257 e. The van der Waals surface area contributed by atoms with Crippen LogP contribution in [0.5, 0.6) is 11.5 Å². The number of nitrogens with one attached hydrogen (secondary N) is 1. The van der Waals surface area contributed by atoms with Gasteiger partial charge in [-0.1, -0.05) is 31.9 Å². The first-order valence-corrected chi connectivity index (χ1v) is 16.8. The Labute approximate surface area is 298 Å². The summed E-state index contributed by atoms with van der Waals surface area (Å²) in [5.41, 5.74) is 8.50. The van der Waals surface area contributed by atoms with Crippen LogP contribution in [0, 0.1) is 11.5 Å². The molecule has 3 aliphatic heterocycles. The van der Waals surface area contributed by atoms with Crippen molar-refractivity contribution in [3.05, 3.63) is 56.5 Å². The van der Waals surface area contributed by atoms with Gasteiger partial charge in [-0.2, -0.15) is 10.3 Å². The van der Waals surface area contributed by atoms with Crippen LogP contribution in [0.2, 0.25) is 0 Å². The third-order valence-corrected chi connectivity index (χ3v) is 10.3. The highest BCUT2D eigenvalue weighted by Gasteiger charge is 2.66. The highest BCUT2D eigenvalue weighted by atomic mass is 79.9. The van der Waals surface area contributed by atoms with E-state index in [0.717, 1.165) is 88.6 Å². The minimum Gasteiger partial charge on any atom is -0.481 e. The fourth-order valence-corrected chi connectivity index (χ4v) is 7.75. The molecule has 2 saturated carbocycles. The molecular formula is C32H41Br2ClN6O6. The van der Waals surface area contributed by atoms with E-state index in [9.17, 15) is 0 Å². The minimum absolute atomic E-state index is 0. The summed E-state index contributed by atoms with van der Waals surface area (Å²) in [6, 6.07) is 11.8. The molecule has 5 aliphatic rings. The Balaban J connectivity index is 0.000000194. The van der Waals surface area contributed by atoms with Crippen LogP contribution in [0.3, 0.4) is 0 Å². The van der Waals surface area contributed by atoms with Crippen LogP contribution in [0.4, 0.5) is 0 Å². The zero-order valence-corrected chi connectivity index (χ0v) is 30.8. The van der Waals surface area contributed by atoms with Crippen LogP contribution in [0.25, 0.3) is 0 Å². The number of halogens is 3. The number of nitrogens with zero attached hydrogens (tertiary/aromatic N) is 4. The number of methoxy groups -OCH3 is 2. The van der Waals surface area contributed by atoms with E-state index < -0.39 is 16.9 Å². The molecule has 0 bridgehead atoms. The van der Waals surface area contributed by atoms with E-state index in [1.807, 2.05) is 42.6 Å². The molecule has 256 valence electrons. The average molecular weight is 801 g/mol. The summed E-state index contributed by atoms with van der Waals surface area (Å²) in [6.45, 7) is 0. The topological polar surface area (TPSA) is 156 Å². The first-order chi connectivity index (χ1) is 22.1. The van der Waals surface area contributed by atoms with E-state index in [2.05, 4.69) is 36.9 Å². The summed E-state index contributed by atoms with van der Waals surface area (Å²) in [5.74, 6) is 2.00. The van der Waals surface area contributed by atoms with Crippen molar-refractivity contribution in [2.24, 2.45) is 15.7 Å². The molecule has 2 aromatic rings. The highest BCUT2D eigenvalue weighted by Crippen LogP contribution is 2.58. The Morgan fingerprint density at radius 1 is 1.00 bits per heavy atom. The van der Waals surface area contributed by atoms with Crippen LogP contribution in [-0.2, 0) is 20.0 Å².